The topological polar surface area (TPSA) is 30.5 Å². The zero-order valence-electron chi connectivity index (χ0n) is 12.3. The van der Waals surface area contributed by atoms with Crippen molar-refractivity contribution in [3.63, 3.8) is 0 Å². The fourth-order valence-electron chi connectivity index (χ4n) is 2.79. The van der Waals surface area contributed by atoms with Gasteiger partial charge in [-0.25, -0.2) is 0 Å². The molecule has 1 saturated heterocycles. The summed E-state index contributed by atoms with van der Waals surface area (Å²) in [5.41, 5.74) is 1.38. The van der Waals surface area contributed by atoms with Crippen LogP contribution in [-0.4, -0.2) is 33.5 Å². The monoisotopic (exact) mass is 341 g/mol. The first-order valence-electron chi connectivity index (χ1n) is 7.24. The molecule has 0 radical (unpaired) electrons. The molecule has 3 nitrogen and oxygen atoms in total. The van der Waals surface area contributed by atoms with Gasteiger partial charge in [0.2, 0.25) is 0 Å². The van der Waals surface area contributed by atoms with Gasteiger partial charge in [0.1, 0.15) is 0 Å². The maximum Gasteiger partial charge on any atom is 0.0499 e. The zero-order chi connectivity index (χ0) is 14.4. The van der Waals surface area contributed by atoms with E-state index in [0.717, 1.165) is 43.7 Å². The Morgan fingerprint density at radius 2 is 2.15 bits per heavy atom. The summed E-state index contributed by atoms with van der Waals surface area (Å²) in [6.07, 6.45) is 2.03. The number of nitrogens with one attached hydrogen (secondary N) is 1. The Bertz CT molecular complexity index is 419. The molecule has 1 fully saturated rings. The van der Waals surface area contributed by atoms with Crippen molar-refractivity contribution in [2.45, 2.75) is 25.3 Å². The predicted molar refractivity (Wildman–Crippen MR) is 84.9 cm³/mol. The van der Waals surface area contributed by atoms with Crippen LogP contribution in [0.2, 0.25) is 0 Å². The van der Waals surface area contributed by atoms with Gasteiger partial charge in [-0.05, 0) is 36.5 Å². The first kappa shape index (κ1) is 16.0. The molecule has 0 bridgehead atoms. The minimum absolute atomic E-state index is 0.0318. The minimum Gasteiger partial charge on any atom is -0.384 e. The lowest BCUT2D eigenvalue weighted by Crippen LogP contribution is -2.48. The van der Waals surface area contributed by atoms with Crippen LogP contribution in [-0.2, 0) is 15.0 Å². The van der Waals surface area contributed by atoms with E-state index in [1.54, 1.807) is 7.11 Å². The summed E-state index contributed by atoms with van der Waals surface area (Å²) < 4.78 is 11.9. The van der Waals surface area contributed by atoms with Gasteiger partial charge >= 0.3 is 0 Å². The Balaban J connectivity index is 2.13. The van der Waals surface area contributed by atoms with Crippen LogP contribution in [0.1, 0.15) is 25.3 Å². The Hall–Kier alpha value is -0.420. The third-order valence-electron chi connectivity index (χ3n) is 3.96. The Morgan fingerprint density at radius 3 is 2.80 bits per heavy atom. The fraction of sp³-hybridized carbons (Fsp3) is 0.625. The fourth-order valence-corrected chi connectivity index (χ4v) is 3.19. The smallest absolute Gasteiger partial charge is 0.0499 e. The SMILES string of the molecule is COC[C@@H](C)CNC1(c2cccc(Br)c2)CCOCC1. The largest absolute Gasteiger partial charge is 0.384 e. The van der Waals surface area contributed by atoms with E-state index in [4.69, 9.17) is 9.47 Å². The van der Waals surface area contributed by atoms with Crippen molar-refractivity contribution in [1.29, 1.82) is 0 Å². The number of halogens is 1. The first-order chi connectivity index (χ1) is 9.66. The second-order valence-electron chi connectivity index (χ2n) is 5.65. The molecule has 0 spiro atoms. The molecule has 0 aliphatic carbocycles. The number of hydrogen-bond donors (Lipinski definition) is 1. The lowest BCUT2D eigenvalue weighted by Gasteiger charge is -2.39. The van der Waals surface area contributed by atoms with Crippen molar-refractivity contribution in [1.82, 2.24) is 5.32 Å². The van der Waals surface area contributed by atoms with E-state index < -0.39 is 0 Å². The van der Waals surface area contributed by atoms with Crippen LogP contribution >= 0.6 is 15.9 Å². The van der Waals surface area contributed by atoms with Crippen molar-refractivity contribution < 1.29 is 9.47 Å². The van der Waals surface area contributed by atoms with E-state index in [2.05, 4.69) is 52.4 Å². The van der Waals surface area contributed by atoms with Gasteiger partial charge in [-0.2, -0.15) is 0 Å². The molecule has 1 heterocycles. The quantitative estimate of drug-likeness (QED) is 0.860. The number of rotatable bonds is 6. The Kier molecular flexibility index (Phi) is 6.02. The van der Waals surface area contributed by atoms with Crippen LogP contribution < -0.4 is 5.32 Å². The van der Waals surface area contributed by atoms with Gasteiger partial charge in [-0.1, -0.05) is 35.0 Å². The molecule has 1 aromatic carbocycles. The Labute approximate surface area is 130 Å². The van der Waals surface area contributed by atoms with E-state index in [1.807, 2.05) is 0 Å². The number of hydrogen-bond acceptors (Lipinski definition) is 3. The van der Waals surface area contributed by atoms with Crippen molar-refractivity contribution in [3.05, 3.63) is 34.3 Å². The van der Waals surface area contributed by atoms with Crippen LogP contribution in [0.25, 0.3) is 0 Å². The summed E-state index contributed by atoms with van der Waals surface area (Å²) in [7, 11) is 1.76. The second-order valence-corrected chi connectivity index (χ2v) is 6.56. The summed E-state index contributed by atoms with van der Waals surface area (Å²) in [5, 5.41) is 3.78. The lowest BCUT2D eigenvalue weighted by molar-refractivity contribution is 0.0331. The molecule has 112 valence electrons. The molecule has 1 aliphatic heterocycles. The molecule has 1 atom stereocenters. The van der Waals surface area contributed by atoms with Crippen molar-refractivity contribution in [2.24, 2.45) is 5.92 Å². The molecule has 0 unspecified atom stereocenters. The van der Waals surface area contributed by atoms with Gasteiger partial charge in [0.05, 0.1) is 0 Å². The molecule has 2 rings (SSSR count). The highest BCUT2D eigenvalue weighted by molar-refractivity contribution is 9.10. The molecule has 0 saturated carbocycles. The summed E-state index contributed by atoms with van der Waals surface area (Å²) in [6.45, 7) is 5.60. The van der Waals surface area contributed by atoms with Gasteiger partial charge in [0, 0.05) is 43.5 Å². The van der Waals surface area contributed by atoms with Crippen LogP contribution in [0.4, 0.5) is 0 Å². The average Bonchev–Trinajstić information content (AvgIpc) is 2.46. The van der Waals surface area contributed by atoms with Gasteiger partial charge < -0.3 is 14.8 Å². The predicted octanol–water partition coefficient (Wildman–Crippen LogP) is 3.33. The zero-order valence-corrected chi connectivity index (χ0v) is 13.9. The highest BCUT2D eigenvalue weighted by atomic mass is 79.9. The molecule has 0 amide bonds. The molecule has 0 aromatic heterocycles. The van der Waals surface area contributed by atoms with E-state index in [1.165, 1.54) is 5.56 Å². The maximum absolute atomic E-state index is 5.55. The van der Waals surface area contributed by atoms with Crippen molar-refractivity contribution >= 4 is 15.9 Å². The molecule has 4 heteroatoms. The molecular formula is C16H24BrNO2. The number of ether oxygens (including phenoxy) is 2. The van der Waals surface area contributed by atoms with Crippen molar-refractivity contribution in [3.8, 4) is 0 Å². The highest BCUT2D eigenvalue weighted by Crippen LogP contribution is 2.33. The van der Waals surface area contributed by atoms with Crippen LogP contribution in [0.15, 0.2) is 28.7 Å². The molecule has 20 heavy (non-hydrogen) atoms. The maximum atomic E-state index is 5.55. The van der Waals surface area contributed by atoms with E-state index in [-0.39, 0.29) is 5.54 Å². The van der Waals surface area contributed by atoms with Crippen LogP contribution in [0.5, 0.6) is 0 Å². The number of methoxy groups -OCH3 is 1. The summed E-state index contributed by atoms with van der Waals surface area (Å²) >= 11 is 3.58. The van der Waals surface area contributed by atoms with E-state index in [9.17, 15) is 0 Å². The van der Waals surface area contributed by atoms with E-state index in [0.29, 0.717) is 5.92 Å². The molecule has 1 aromatic rings. The molecule has 1 aliphatic rings. The normalized spacial score (nSPS) is 19.8. The van der Waals surface area contributed by atoms with Gasteiger partial charge in [0.25, 0.3) is 0 Å². The summed E-state index contributed by atoms with van der Waals surface area (Å²) in [4.78, 5) is 0. The van der Waals surface area contributed by atoms with Crippen molar-refractivity contribution in [2.75, 3.05) is 33.5 Å². The average molecular weight is 342 g/mol. The standard InChI is InChI=1S/C16H24BrNO2/c1-13(12-19-2)11-18-16(6-8-20-9-7-16)14-4-3-5-15(17)10-14/h3-5,10,13,18H,6-9,11-12H2,1-2H3/t13-/m0/s1. The molecule has 1 N–H and O–H groups in total. The van der Waals surface area contributed by atoms with Gasteiger partial charge in [0.15, 0.2) is 0 Å². The van der Waals surface area contributed by atoms with E-state index >= 15 is 0 Å². The minimum atomic E-state index is 0.0318. The highest BCUT2D eigenvalue weighted by Gasteiger charge is 2.34. The van der Waals surface area contributed by atoms with Crippen LogP contribution in [0.3, 0.4) is 0 Å². The Morgan fingerprint density at radius 1 is 1.40 bits per heavy atom. The lowest BCUT2D eigenvalue weighted by atomic mass is 9.82. The van der Waals surface area contributed by atoms with Gasteiger partial charge in [-0.3, -0.25) is 0 Å². The summed E-state index contributed by atoms with van der Waals surface area (Å²) in [6, 6.07) is 8.62. The van der Waals surface area contributed by atoms with Gasteiger partial charge in [-0.15, -0.1) is 0 Å². The third-order valence-corrected chi connectivity index (χ3v) is 4.46. The first-order valence-corrected chi connectivity index (χ1v) is 8.03. The van der Waals surface area contributed by atoms with Crippen LogP contribution in [0, 0.1) is 5.92 Å². The second kappa shape index (κ2) is 7.55. The molecular weight excluding hydrogens is 318 g/mol. The number of benzene rings is 1. The summed E-state index contributed by atoms with van der Waals surface area (Å²) in [5.74, 6) is 0.506. The third kappa shape index (κ3) is 4.04.